The summed E-state index contributed by atoms with van der Waals surface area (Å²) in [5, 5.41) is 8.85. The molecule has 0 radical (unpaired) electrons. The van der Waals surface area contributed by atoms with Crippen molar-refractivity contribution >= 4 is 11.7 Å². The summed E-state index contributed by atoms with van der Waals surface area (Å²) in [4.78, 5) is 16.7. The summed E-state index contributed by atoms with van der Waals surface area (Å²) >= 11 is 0. The molecule has 1 aliphatic rings. The first-order chi connectivity index (χ1) is 19.1. The number of amides is 1. The van der Waals surface area contributed by atoms with Crippen LogP contribution >= 0.6 is 0 Å². The number of nitrogens with zero attached hydrogens (tertiary/aromatic N) is 4. The molecule has 1 amide bonds. The van der Waals surface area contributed by atoms with E-state index in [1.165, 1.54) is 0 Å². The standard InChI is InChI=1S/C30H30N4O5/c1-36-25-12-14-28(37-2)26(20-25)27-13-15-29(32-31-27)33-16-18-34(19-17-33)30(35)21-38-22-8-10-24(11-9-22)39-23-6-4-3-5-7-23/h3-15,20H,16-19,21H2,1-2H3. The molecule has 1 aromatic heterocycles. The van der Waals surface area contributed by atoms with Crippen molar-refractivity contribution in [1.82, 2.24) is 15.1 Å². The van der Waals surface area contributed by atoms with E-state index in [1.807, 2.05) is 77.7 Å². The number of methoxy groups -OCH3 is 2. The molecular formula is C30H30N4O5. The number of rotatable bonds is 9. The van der Waals surface area contributed by atoms with Gasteiger partial charge in [0.15, 0.2) is 12.4 Å². The molecule has 1 aliphatic heterocycles. The number of hydrogen-bond donors (Lipinski definition) is 0. The third kappa shape index (κ3) is 6.38. The molecule has 9 heteroatoms. The minimum atomic E-state index is -0.0502. The Morgan fingerprint density at radius 2 is 1.44 bits per heavy atom. The number of aromatic nitrogens is 2. The van der Waals surface area contributed by atoms with Crippen LogP contribution < -0.4 is 23.8 Å². The van der Waals surface area contributed by atoms with Gasteiger partial charge in [-0.2, -0.15) is 0 Å². The predicted octanol–water partition coefficient (Wildman–Crippen LogP) is 4.68. The van der Waals surface area contributed by atoms with Gasteiger partial charge in [-0.05, 0) is 66.7 Å². The van der Waals surface area contributed by atoms with Crippen molar-refractivity contribution in [2.75, 3.05) is 51.9 Å². The number of benzene rings is 3. The number of ether oxygens (including phenoxy) is 4. The first-order valence-electron chi connectivity index (χ1n) is 12.7. The van der Waals surface area contributed by atoms with Crippen LogP contribution in [0.25, 0.3) is 11.3 Å². The second kappa shape index (κ2) is 12.2. The van der Waals surface area contributed by atoms with Crippen molar-refractivity contribution in [1.29, 1.82) is 0 Å². The molecule has 0 bridgehead atoms. The van der Waals surface area contributed by atoms with Crippen molar-refractivity contribution in [3.8, 4) is 40.0 Å². The lowest BCUT2D eigenvalue weighted by molar-refractivity contribution is -0.133. The van der Waals surface area contributed by atoms with Gasteiger partial charge < -0.3 is 28.7 Å². The molecule has 0 unspecified atom stereocenters. The molecule has 200 valence electrons. The van der Waals surface area contributed by atoms with E-state index in [2.05, 4.69) is 15.1 Å². The van der Waals surface area contributed by atoms with Gasteiger partial charge in [-0.3, -0.25) is 4.79 Å². The Kier molecular flexibility index (Phi) is 8.06. The molecule has 2 heterocycles. The summed E-state index contributed by atoms with van der Waals surface area (Å²) in [7, 11) is 3.24. The Labute approximate surface area is 227 Å². The summed E-state index contributed by atoms with van der Waals surface area (Å²) in [6.45, 7) is 2.47. The summed E-state index contributed by atoms with van der Waals surface area (Å²) in [5.41, 5.74) is 1.50. The van der Waals surface area contributed by atoms with Gasteiger partial charge in [-0.1, -0.05) is 18.2 Å². The molecule has 0 saturated carbocycles. The van der Waals surface area contributed by atoms with Crippen molar-refractivity contribution < 1.29 is 23.7 Å². The molecule has 0 spiro atoms. The molecular weight excluding hydrogens is 496 g/mol. The lowest BCUT2D eigenvalue weighted by atomic mass is 10.1. The molecule has 0 N–H and O–H groups in total. The van der Waals surface area contributed by atoms with Crippen molar-refractivity contribution in [3.63, 3.8) is 0 Å². The first kappa shape index (κ1) is 25.8. The second-order valence-electron chi connectivity index (χ2n) is 8.89. The molecule has 39 heavy (non-hydrogen) atoms. The minimum absolute atomic E-state index is 0.0181. The summed E-state index contributed by atoms with van der Waals surface area (Å²) < 4.78 is 22.3. The van der Waals surface area contributed by atoms with Gasteiger partial charge in [0.2, 0.25) is 0 Å². The van der Waals surface area contributed by atoms with Crippen LogP contribution in [0.1, 0.15) is 0 Å². The number of carbonyl (C=O) groups is 1. The third-order valence-electron chi connectivity index (χ3n) is 6.45. The van der Waals surface area contributed by atoms with Gasteiger partial charge in [0, 0.05) is 31.7 Å². The van der Waals surface area contributed by atoms with Gasteiger partial charge in [-0.25, -0.2) is 0 Å². The maximum atomic E-state index is 12.7. The van der Waals surface area contributed by atoms with E-state index in [4.69, 9.17) is 18.9 Å². The third-order valence-corrected chi connectivity index (χ3v) is 6.45. The summed E-state index contributed by atoms with van der Waals surface area (Å²) in [6.07, 6.45) is 0. The zero-order chi connectivity index (χ0) is 27.0. The van der Waals surface area contributed by atoms with Crippen LogP contribution in [0.15, 0.2) is 84.9 Å². The quantitative estimate of drug-likeness (QED) is 0.311. The van der Waals surface area contributed by atoms with E-state index < -0.39 is 0 Å². The van der Waals surface area contributed by atoms with E-state index in [0.29, 0.717) is 49.1 Å². The Morgan fingerprint density at radius 1 is 0.744 bits per heavy atom. The van der Waals surface area contributed by atoms with Crippen molar-refractivity contribution in [3.05, 3.63) is 84.9 Å². The van der Waals surface area contributed by atoms with Crippen molar-refractivity contribution in [2.24, 2.45) is 0 Å². The highest BCUT2D eigenvalue weighted by molar-refractivity contribution is 5.78. The van der Waals surface area contributed by atoms with Gasteiger partial charge in [0.25, 0.3) is 5.91 Å². The molecule has 0 atom stereocenters. The molecule has 3 aromatic carbocycles. The van der Waals surface area contributed by atoms with Crippen LogP contribution in [-0.2, 0) is 4.79 Å². The lowest BCUT2D eigenvalue weighted by Crippen LogP contribution is -2.50. The summed E-state index contributed by atoms with van der Waals surface area (Å²) in [6, 6.07) is 26.2. The van der Waals surface area contributed by atoms with E-state index in [1.54, 1.807) is 26.4 Å². The molecule has 9 nitrogen and oxygen atoms in total. The maximum Gasteiger partial charge on any atom is 0.260 e. The molecule has 1 fully saturated rings. The first-order valence-corrected chi connectivity index (χ1v) is 12.7. The lowest BCUT2D eigenvalue weighted by Gasteiger charge is -2.35. The molecule has 1 saturated heterocycles. The average Bonchev–Trinajstić information content (AvgIpc) is 3.01. The highest BCUT2D eigenvalue weighted by Gasteiger charge is 2.23. The number of piperazine rings is 1. The second-order valence-corrected chi connectivity index (χ2v) is 8.89. The normalized spacial score (nSPS) is 13.1. The Hall–Kier alpha value is -4.79. The van der Waals surface area contributed by atoms with Crippen LogP contribution in [-0.4, -0.2) is 68.0 Å². The van der Waals surface area contributed by atoms with Crippen LogP contribution in [0.3, 0.4) is 0 Å². The van der Waals surface area contributed by atoms with Crippen LogP contribution in [0.5, 0.6) is 28.7 Å². The van der Waals surface area contributed by atoms with Crippen molar-refractivity contribution in [2.45, 2.75) is 0 Å². The topological polar surface area (TPSA) is 86.3 Å². The van der Waals surface area contributed by atoms with E-state index in [-0.39, 0.29) is 12.5 Å². The zero-order valence-corrected chi connectivity index (χ0v) is 21.9. The number of anilines is 1. The molecule has 4 aromatic rings. The fourth-order valence-electron chi connectivity index (χ4n) is 4.30. The van der Waals surface area contributed by atoms with E-state index in [9.17, 15) is 4.79 Å². The SMILES string of the molecule is COc1ccc(OC)c(-c2ccc(N3CCN(C(=O)COc4ccc(Oc5ccccc5)cc4)CC3)nn2)c1. The van der Waals surface area contributed by atoms with Gasteiger partial charge in [0.1, 0.15) is 28.7 Å². The monoisotopic (exact) mass is 526 g/mol. The number of hydrogen-bond acceptors (Lipinski definition) is 8. The smallest absolute Gasteiger partial charge is 0.260 e. The van der Waals surface area contributed by atoms with Gasteiger partial charge in [-0.15, -0.1) is 10.2 Å². The van der Waals surface area contributed by atoms with Gasteiger partial charge >= 0.3 is 0 Å². The fraction of sp³-hybridized carbons (Fsp3) is 0.233. The van der Waals surface area contributed by atoms with Crippen LogP contribution in [0.2, 0.25) is 0 Å². The highest BCUT2D eigenvalue weighted by atomic mass is 16.5. The van der Waals surface area contributed by atoms with Gasteiger partial charge in [0.05, 0.1) is 19.9 Å². The van der Waals surface area contributed by atoms with E-state index >= 15 is 0 Å². The molecule has 0 aliphatic carbocycles. The number of carbonyl (C=O) groups excluding carboxylic acids is 1. The maximum absolute atomic E-state index is 12.7. The van der Waals surface area contributed by atoms with Crippen LogP contribution in [0.4, 0.5) is 5.82 Å². The fourth-order valence-corrected chi connectivity index (χ4v) is 4.30. The average molecular weight is 527 g/mol. The van der Waals surface area contributed by atoms with E-state index in [0.717, 1.165) is 22.9 Å². The Balaban J connectivity index is 1.11. The Bertz CT molecular complexity index is 1370. The van der Waals surface area contributed by atoms with Crippen LogP contribution in [0, 0.1) is 0 Å². The zero-order valence-electron chi connectivity index (χ0n) is 21.9. The predicted molar refractivity (Wildman–Crippen MR) is 148 cm³/mol. The Morgan fingerprint density at radius 3 is 2.10 bits per heavy atom. The molecule has 5 rings (SSSR count). The minimum Gasteiger partial charge on any atom is -0.497 e. The largest absolute Gasteiger partial charge is 0.497 e. The summed E-state index contributed by atoms with van der Waals surface area (Å²) in [5.74, 6) is 4.21. The number of para-hydroxylation sites is 1. The highest BCUT2D eigenvalue weighted by Crippen LogP contribution is 2.32.